The van der Waals surface area contributed by atoms with E-state index in [0.29, 0.717) is 24.6 Å². The van der Waals surface area contributed by atoms with Crippen molar-refractivity contribution in [2.75, 3.05) is 13.1 Å². The van der Waals surface area contributed by atoms with Crippen LogP contribution in [0.3, 0.4) is 0 Å². The molecule has 0 saturated carbocycles. The van der Waals surface area contributed by atoms with E-state index >= 15 is 0 Å². The van der Waals surface area contributed by atoms with Gasteiger partial charge in [0.05, 0.1) is 17.8 Å². The molecule has 3 rings (SSSR count). The molecule has 0 fully saturated rings. The third-order valence-corrected chi connectivity index (χ3v) is 5.01. The summed E-state index contributed by atoms with van der Waals surface area (Å²) in [5.74, 6) is -1.25. The highest BCUT2D eigenvalue weighted by molar-refractivity contribution is 5.79. The molecule has 1 amide bonds. The molecule has 0 radical (unpaired) electrons. The Labute approximate surface area is 151 Å². The van der Waals surface area contributed by atoms with Gasteiger partial charge in [-0.1, -0.05) is 19.9 Å². The average Bonchev–Trinajstić information content (AvgIpc) is 2.97. The van der Waals surface area contributed by atoms with Crippen LogP contribution in [-0.2, 0) is 16.9 Å². The van der Waals surface area contributed by atoms with Gasteiger partial charge in [0, 0.05) is 24.3 Å². The van der Waals surface area contributed by atoms with Crippen molar-refractivity contribution < 1.29 is 13.6 Å². The van der Waals surface area contributed by atoms with Crippen LogP contribution < -0.4 is 5.73 Å². The van der Waals surface area contributed by atoms with Crippen molar-refractivity contribution in [3.63, 3.8) is 0 Å². The second-order valence-corrected chi connectivity index (χ2v) is 7.39. The van der Waals surface area contributed by atoms with E-state index < -0.39 is 17.2 Å². The summed E-state index contributed by atoms with van der Waals surface area (Å²) in [6.45, 7) is 8.75. The van der Waals surface area contributed by atoms with Crippen LogP contribution in [-0.4, -0.2) is 33.4 Å². The van der Waals surface area contributed by atoms with Crippen molar-refractivity contribution in [3.8, 4) is 11.3 Å². The number of carbonyl (C=O) groups is 1. The van der Waals surface area contributed by atoms with E-state index in [0.717, 1.165) is 11.8 Å². The lowest BCUT2D eigenvalue weighted by Crippen LogP contribution is -2.53. The quantitative estimate of drug-likeness (QED) is 0.913. The van der Waals surface area contributed by atoms with Crippen LogP contribution in [0.5, 0.6) is 0 Å². The normalized spacial score (nSPS) is 16.1. The van der Waals surface area contributed by atoms with E-state index in [1.54, 1.807) is 4.90 Å². The number of imidazole rings is 1. The highest BCUT2D eigenvalue weighted by Crippen LogP contribution is 2.39. The molecule has 0 bridgehead atoms. The summed E-state index contributed by atoms with van der Waals surface area (Å²) in [4.78, 5) is 18.6. The molecule has 0 unspecified atom stereocenters. The Morgan fingerprint density at radius 2 is 2.00 bits per heavy atom. The maximum Gasteiger partial charge on any atom is 0.237 e. The maximum absolute atomic E-state index is 14.4. The number of hydrogen-bond donors (Lipinski definition) is 1. The first-order chi connectivity index (χ1) is 12.2. The standard InChI is InChI=1S/C19H24F2N4O/c1-11(2)17-16(12-6-5-7-13(20)15(12)21)23-18-19(3,4)25(14(26)10-22)9-8-24(17)18/h5-7,11H,8-10,22H2,1-4H3. The summed E-state index contributed by atoms with van der Waals surface area (Å²) in [6.07, 6.45) is 0. The van der Waals surface area contributed by atoms with Crippen molar-refractivity contribution in [1.29, 1.82) is 0 Å². The smallest absolute Gasteiger partial charge is 0.237 e. The van der Waals surface area contributed by atoms with E-state index in [4.69, 9.17) is 5.73 Å². The molecule has 1 aromatic heterocycles. The number of aromatic nitrogens is 2. The van der Waals surface area contributed by atoms with Crippen LogP contribution in [0.2, 0.25) is 0 Å². The summed E-state index contributed by atoms with van der Waals surface area (Å²) in [5.41, 5.74) is 6.27. The van der Waals surface area contributed by atoms with Crippen molar-refractivity contribution in [2.45, 2.75) is 45.7 Å². The Morgan fingerprint density at radius 1 is 1.31 bits per heavy atom. The number of benzene rings is 1. The van der Waals surface area contributed by atoms with Crippen molar-refractivity contribution >= 4 is 5.91 Å². The molecule has 5 nitrogen and oxygen atoms in total. The van der Waals surface area contributed by atoms with Gasteiger partial charge in [-0.15, -0.1) is 0 Å². The number of rotatable bonds is 3. The number of fused-ring (bicyclic) bond motifs is 1. The first kappa shape index (κ1) is 18.5. The Hall–Kier alpha value is -2.28. The molecular formula is C19H24F2N4O. The van der Waals surface area contributed by atoms with E-state index in [9.17, 15) is 13.6 Å². The molecule has 7 heteroatoms. The molecule has 0 saturated heterocycles. The Bertz CT molecular complexity index is 857. The molecule has 1 aliphatic rings. The van der Waals surface area contributed by atoms with Gasteiger partial charge in [0.1, 0.15) is 5.82 Å². The van der Waals surface area contributed by atoms with Crippen LogP contribution >= 0.6 is 0 Å². The molecule has 2 aromatic rings. The molecule has 1 aliphatic heterocycles. The summed E-state index contributed by atoms with van der Waals surface area (Å²) in [6, 6.07) is 4.11. The fourth-order valence-electron chi connectivity index (χ4n) is 3.78. The summed E-state index contributed by atoms with van der Waals surface area (Å²) in [7, 11) is 0. The van der Waals surface area contributed by atoms with Gasteiger partial charge in [-0.05, 0) is 31.9 Å². The minimum atomic E-state index is -0.905. The number of halogens is 2. The zero-order valence-corrected chi connectivity index (χ0v) is 15.5. The maximum atomic E-state index is 14.4. The van der Waals surface area contributed by atoms with Crippen molar-refractivity contribution in [3.05, 3.63) is 41.4 Å². The highest BCUT2D eigenvalue weighted by Gasteiger charge is 2.41. The highest BCUT2D eigenvalue weighted by atomic mass is 19.2. The predicted octanol–water partition coefficient (Wildman–Crippen LogP) is 2.99. The summed E-state index contributed by atoms with van der Waals surface area (Å²) < 4.78 is 30.2. The Balaban J connectivity index is 2.23. The third-order valence-electron chi connectivity index (χ3n) is 5.01. The zero-order valence-electron chi connectivity index (χ0n) is 15.5. The number of hydrogen-bond acceptors (Lipinski definition) is 3. The summed E-state index contributed by atoms with van der Waals surface area (Å²) >= 11 is 0. The average molecular weight is 362 g/mol. The fraction of sp³-hybridized carbons (Fsp3) is 0.474. The SMILES string of the molecule is CC(C)c1c(-c2cccc(F)c2F)nc2n1CCN(C(=O)CN)C2(C)C. The van der Waals surface area contributed by atoms with Crippen LogP contribution in [0.15, 0.2) is 18.2 Å². The van der Waals surface area contributed by atoms with Crippen LogP contribution in [0.25, 0.3) is 11.3 Å². The number of amides is 1. The molecule has 0 aliphatic carbocycles. The second-order valence-electron chi connectivity index (χ2n) is 7.39. The Kier molecular flexibility index (Phi) is 4.60. The van der Waals surface area contributed by atoms with Gasteiger partial charge >= 0.3 is 0 Å². The molecular weight excluding hydrogens is 338 g/mol. The lowest BCUT2D eigenvalue weighted by Gasteiger charge is -2.42. The van der Waals surface area contributed by atoms with Crippen molar-refractivity contribution in [2.24, 2.45) is 5.73 Å². The van der Waals surface area contributed by atoms with Gasteiger partial charge < -0.3 is 15.2 Å². The van der Waals surface area contributed by atoms with Gasteiger partial charge in [0.15, 0.2) is 11.6 Å². The van der Waals surface area contributed by atoms with Gasteiger partial charge in [0.25, 0.3) is 0 Å². The van der Waals surface area contributed by atoms with E-state index in [1.807, 2.05) is 32.3 Å². The lowest BCUT2D eigenvalue weighted by atomic mass is 9.98. The first-order valence-corrected chi connectivity index (χ1v) is 8.76. The molecule has 0 atom stereocenters. The van der Waals surface area contributed by atoms with Gasteiger partial charge in [-0.3, -0.25) is 4.79 Å². The Morgan fingerprint density at radius 3 is 2.62 bits per heavy atom. The van der Waals surface area contributed by atoms with Crippen LogP contribution in [0.1, 0.15) is 45.1 Å². The first-order valence-electron chi connectivity index (χ1n) is 8.76. The number of carbonyl (C=O) groups excluding carboxylic acids is 1. The molecule has 2 heterocycles. The van der Waals surface area contributed by atoms with Gasteiger partial charge in [-0.2, -0.15) is 0 Å². The zero-order chi connectivity index (χ0) is 19.2. The second kappa shape index (κ2) is 6.46. The van der Waals surface area contributed by atoms with Crippen LogP contribution in [0, 0.1) is 11.6 Å². The fourth-order valence-corrected chi connectivity index (χ4v) is 3.78. The van der Waals surface area contributed by atoms with E-state index in [1.165, 1.54) is 12.1 Å². The minimum absolute atomic E-state index is 0.0569. The molecule has 140 valence electrons. The summed E-state index contributed by atoms with van der Waals surface area (Å²) in [5, 5.41) is 0. The van der Waals surface area contributed by atoms with Gasteiger partial charge in [-0.25, -0.2) is 13.8 Å². The lowest BCUT2D eigenvalue weighted by molar-refractivity contribution is -0.137. The van der Waals surface area contributed by atoms with E-state index in [-0.39, 0.29) is 23.9 Å². The van der Waals surface area contributed by atoms with Gasteiger partial charge in [0.2, 0.25) is 5.91 Å². The number of nitrogens with zero attached hydrogens (tertiary/aromatic N) is 3. The monoisotopic (exact) mass is 362 g/mol. The molecule has 0 spiro atoms. The predicted molar refractivity (Wildman–Crippen MR) is 95.5 cm³/mol. The minimum Gasteiger partial charge on any atom is -0.327 e. The third kappa shape index (κ3) is 2.70. The van der Waals surface area contributed by atoms with Crippen molar-refractivity contribution in [1.82, 2.24) is 14.5 Å². The topological polar surface area (TPSA) is 64.2 Å². The molecule has 2 N–H and O–H groups in total. The largest absolute Gasteiger partial charge is 0.327 e. The molecule has 1 aromatic carbocycles. The molecule has 26 heavy (non-hydrogen) atoms. The number of nitrogens with two attached hydrogens (primary N) is 1. The van der Waals surface area contributed by atoms with Crippen LogP contribution in [0.4, 0.5) is 8.78 Å². The van der Waals surface area contributed by atoms with E-state index in [2.05, 4.69) is 4.98 Å².